The van der Waals surface area contributed by atoms with Crippen molar-refractivity contribution in [3.8, 4) is 0 Å². The van der Waals surface area contributed by atoms with Crippen LogP contribution in [0.3, 0.4) is 0 Å². The maximum atomic E-state index is 11.9. The van der Waals surface area contributed by atoms with Crippen LogP contribution in [0.5, 0.6) is 0 Å². The molecule has 1 aliphatic rings. The van der Waals surface area contributed by atoms with Crippen LogP contribution >= 0.6 is 12.4 Å². The number of hydrogen-bond donors (Lipinski definition) is 1. The summed E-state index contributed by atoms with van der Waals surface area (Å²) in [5.74, 6) is 0.0397. The molecule has 0 aromatic rings. The standard InChI is InChI=1S/C13H24N2O3.ClH/c1-11(2)3-4-12(16)15-9-7-14(8-10-15)6-5-13(17)18;/h11H,3-10H2,1-2H3,(H,17,18);1H. The lowest BCUT2D eigenvalue weighted by Crippen LogP contribution is -2.49. The van der Waals surface area contributed by atoms with Gasteiger partial charge >= 0.3 is 5.97 Å². The molecule has 1 amide bonds. The van der Waals surface area contributed by atoms with Gasteiger partial charge in [0.25, 0.3) is 0 Å². The van der Waals surface area contributed by atoms with E-state index in [1.54, 1.807) is 0 Å². The minimum absolute atomic E-state index is 0. The highest BCUT2D eigenvalue weighted by Crippen LogP contribution is 2.09. The molecule has 1 N–H and O–H groups in total. The summed E-state index contributed by atoms with van der Waals surface area (Å²) in [6, 6.07) is 0. The number of nitrogens with zero attached hydrogens (tertiary/aromatic N) is 2. The minimum atomic E-state index is -0.759. The first-order valence-electron chi connectivity index (χ1n) is 6.71. The lowest BCUT2D eigenvalue weighted by atomic mass is 10.1. The molecule has 1 heterocycles. The third-order valence-electron chi connectivity index (χ3n) is 3.30. The van der Waals surface area contributed by atoms with E-state index in [1.165, 1.54) is 0 Å². The third kappa shape index (κ3) is 7.38. The van der Waals surface area contributed by atoms with Crippen molar-refractivity contribution in [2.45, 2.75) is 33.1 Å². The molecular weight excluding hydrogens is 268 g/mol. The number of amides is 1. The summed E-state index contributed by atoms with van der Waals surface area (Å²) in [4.78, 5) is 26.4. The number of halogens is 1. The first kappa shape index (κ1) is 18.2. The molecule has 112 valence electrons. The number of carboxylic acid groups (broad SMARTS) is 1. The van der Waals surface area contributed by atoms with Crippen LogP contribution in [0.25, 0.3) is 0 Å². The molecule has 0 unspecified atom stereocenters. The van der Waals surface area contributed by atoms with E-state index in [4.69, 9.17) is 5.11 Å². The molecule has 1 saturated heterocycles. The highest BCUT2D eigenvalue weighted by molar-refractivity contribution is 5.85. The fourth-order valence-corrected chi connectivity index (χ4v) is 2.04. The average Bonchev–Trinajstić information content (AvgIpc) is 2.34. The highest BCUT2D eigenvalue weighted by Gasteiger charge is 2.20. The molecule has 6 heteroatoms. The quantitative estimate of drug-likeness (QED) is 0.805. The van der Waals surface area contributed by atoms with Crippen LogP contribution in [0.2, 0.25) is 0 Å². The Bertz CT molecular complexity index is 290. The van der Waals surface area contributed by atoms with E-state index in [-0.39, 0.29) is 24.7 Å². The second-order valence-electron chi connectivity index (χ2n) is 5.30. The Morgan fingerprint density at radius 3 is 2.16 bits per heavy atom. The van der Waals surface area contributed by atoms with Crippen LogP contribution in [0.4, 0.5) is 0 Å². The summed E-state index contributed by atoms with van der Waals surface area (Å²) in [6.45, 7) is 7.88. The predicted octanol–water partition coefficient (Wildman–Crippen LogP) is 1.46. The van der Waals surface area contributed by atoms with Gasteiger partial charge < -0.3 is 10.0 Å². The molecule has 0 spiro atoms. The predicted molar refractivity (Wildman–Crippen MR) is 76.6 cm³/mol. The van der Waals surface area contributed by atoms with Crippen molar-refractivity contribution in [1.82, 2.24) is 9.80 Å². The molecule has 0 aromatic heterocycles. The molecule has 0 aliphatic carbocycles. The van der Waals surface area contributed by atoms with E-state index in [0.29, 0.717) is 18.9 Å². The Balaban J connectivity index is 0.00000324. The molecule has 0 radical (unpaired) electrons. The lowest BCUT2D eigenvalue weighted by Gasteiger charge is -2.34. The SMILES string of the molecule is CC(C)CCC(=O)N1CCN(CCC(=O)O)CC1.Cl. The minimum Gasteiger partial charge on any atom is -0.481 e. The van der Waals surface area contributed by atoms with Crippen molar-refractivity contribution in [3.05, 3.63) is 0 Å². The fraction of sp³-hybridized carbons (Fsp3) is 0.846. The Morgan fingerprint density at radius 2 is 1.68 bits per heavy atom. The number of carbonyl (C=O) groups excluding carboxylic acids is 1. The molecule has 5 nitrogen and oxygen atoms in total. The van der Waals surface area contributed by atoms with E-state index >= 15 is 0 Å². The third-order valence-corrected chi connectivity index (χ3v) is 3.30. The van der Waals surface area contributed by atoms with Gasteiger partial charge in [0.05, 0.1) is 6.42 Å². The van der Waals surface area contributed by atoms with Gasteiger partial charge in [-0.25, -0.2) is 0 Å². The zero-order valence-corrected chi connectivity index (χ0v) is 12.6. The van der Waals surface area contributed by atoms with Crippen molar-refractivity contribution >= 4 is 24.3 Å². The first-order valence-corrected chi connectivity index (χ1v) is 6.71. The number of carboxylic acids is 1. The summed E-state index contributed by atoms with van der Waals surface area (Å²) in [7, 11) is 0. The van der Waals surface area contributed by atoms with Crippen molar-refractivity contribution < 1.29 is 14.7 Å². The van der Waals surface area contributed by atoms with E-state index in [9.17, 15) is 9.59 Å². The number of piperazine rings is 1. The number of carbonyl (C=O) groups is 2. The molecular formula is C13H25ClN2O3. The van der Waals surface area contributed by atoms with E-state index in [2.05, 4.69) is 18.7 Å². The maximum absolute atomic E-state index is 11.9. The van der Waals surface area contributed by atoms with Crippen LogP contribution in [0.15, 0.2) is 0 Å². The van der Waals surface area contributed by atoms with Gasteiger partial charge in [-0.3, -0.25) is 14.5 Å². The first-order chi connectivity index (χ1) is 8.49. The van der Waals surface area contributed by atoms with E-state index < -0.39 is 5.97 Å². The smallest absolute Gasteiger partial charge is 0.304 e. The van der Waals surface area contributed by atoms with Gasteiger partial charge in [-0.2, -0.15) is 0 Å². The molecule has 0 atom stereocenters. The van der Waals surface area contributed by atoms with Crippen molar-refractivity contribution in [2.24, 2.45) is 5.92 Å². The van der Waals surface area contributed by atoms with Crippen LogP contribution in [-0.2, 0) is 9.59 Å². The summed E-state index contributed by atoms with van der Waals surface area (Å²) in [6.07, 6.45) is 1.76. The van der Waals surface area contributed by atoms with Gasteiger partial charge in [-0.1, -0.05) is 13.8 Å². The lowest BCUT2D eigenvalue weighted by molar-refractivity contribution is -0.138. The Morgan fingerprint density at radius 1 is 1.11 bits per heavy atom. The molecule has 0 saturated carbocycles. The molecule has 1 rings (SSSR count). The van der Waals surface area contributed by atoms with Crippen molar-refractivity contribution in [1.29, 1.82) is 0 Å². The number of rotatable bonds is 6. The van der Waals surface area contributed by atoms with Crippen molar-refractivity contribution in [3.63, 3.8) is 0 Å². The van der Waals surface area contributed by atoms with Crippen molar-refractivity contribution in [2.75, 3.05) is 32.7 Å². The Hall–Kier alpha value is -0.810. The second-order valence-corrected chi connectivity index (χ2v) is 5.30. The summed E-state index contributed by atoms with van der Waals surface area (Å²) in [5.41, 5.74) is 0. The monoisotopic (exact) mass is 292 g/mol. The van der Waals surface area contributed by atoms with Crippen LogP contribution in [0.1, 0.15) is 33.1 Å². The van der Waals surface area contributed by atoms with Gasteiger partial charge in [0.15, 0.2) is 0 Å². The van der Waals surface area contributed by atoms with Crippen LogP contribution < -0.4 is 0 Å². The Kier molecular flexibility index (Phi) is 8.76. The highest BCUT2D eigenvalue weighted by atomic mass is 35.5. The normalized spacial score (nSPS) is 16.3. The van der Waals surface area contributed by atoms with Gasteiger partial charge in [0, 0.05) is 39.1 Å². The molecule has 1 fully saturated rings. The summed E-state index contributed by atoms with van der Waals surface area (Å²) >= 11 is 0. The zero-order valence-electron chi connectivity index (χ0n) is 11.8. The zero-order chi connectivity index (χ0) is 13.5. The van der Waals surface area contributed by atoms with Gasteiger partial charge in [0.2, 0.25) is 5.91 Å². The number of hydrogen-bond acceptors (Lipinski definition) is 3. The fourth-order valence-electron chi connectivity index (χ4n) is 2.04. The molecule has 0 bridgehead atoms. The van der Waals surface area contributed by atoms with Gasteiger partial charge in [-0.05, 0) is 12.3 Å². The summed E-state index contributed by atoms with van der Waals surface area (Å²) < 4.78 is 0. The largest absolute Gasteiger partial charge is 0.481 e. The van der Waals surface area contributed by atoms with Crippen LogP contribution in [0, 0.1) is 5.92 Å². The van der Waals surface area contributed by atoms with E-state index in [0.717, 1.165) is 32.6 Å². The second kappa shape index (κ2) is 9.15. The van der Waals surface area contributed by atoms with Gasteiger partial charge in [-0.15, -0.1) is 12.4 Å². The topological polar surface area (TPSA) is 60.9 Å². The summed E-state index contributed by atoms with van der Waals surface area (Å²) in [5, 5.41) is 8.62. The molecule has 19 heavy (non-hydrogen) atoms. The Labute approximate surface area is 121 Å². The number of aliphatic carboxylic acids is 1. The maximum Gasteiger partial charge on any atom is 0.304 e. The average molecular weight is 293 g/mol. The van der Waals surface area contributed by atoms with E-state index in [1.807, 2.05) is 4.90 Å². The molecule has 0 aromatic carbocycles. The molecule has 1 aliphatic heterocycles. The van der Waals surface area contributed by atoms with Crippen LogP contribution in [-0.4, -0.2) is 59.5 Å². The van der Waals surface area contributed by atoms with Gasteiger partial charge in [0.1, 0.15) is 0 Å².